The maximum Gasteiger partial charge on any atom is 0.137 e. The van der Waals surface area contributed by atoms with Gasteiger partial charge in [-0.05, 0) is 34.5 Å². The number of aryl methyl sites for hydroxylation is 1. The van der Waals surface area contributed by atoms with Crippen LogP contribution in [0.5, 0.6) is 0 Å². The predicted octanol–water partition coefficient (Wildman–Crippen LogP) is 3.64. The Morgan fingerprint density at radius 3 is 2.80 bits per heavy atom. The van der Waals surface area contributed by atoms with Gasteiger partial charge in [0.25, 0.3) is 0 Å². The van der Waals surface area contributed by atoms with E-state index in [1.165, 1.54) is 11.6 Å². The molecule has 0 radical (unpaired) electrons. The van der Waals surface area contributed by atoms with Crippen LogP contribution in [0.1, 0.15) is 30.7 Å². The molecule has 1 N–H and O–H groups in total. The molecule has 0 saturated heterocycles. The van der Waals surface area contributed by atoms with E-state index in [0.29, 0.717) is 17.1 Å². The van der Waals surface area contributed by atoms with E-state index in [1.54, 1.807) is 6.07 Å². The van der Waals surface area contributed by atoms with Gasteiger partial charge in [-0.15, -0.1) is 0 Å². The van der Waals surface area contributed by atoms with E-state index in [1.807, 2.05) is 23.9 Å². The third-order valence-electron chi connectivity index (χ3n) is 3.11. The van der Waals surface area contributed by atoms with Crippen LogP contribution >= 0.6 is 15.9 Å². The minimum atomic E-state index is -0.243. The molecular weight excluding hydrogens is 321 g/mol. The molecule has 2 rings (SSSR count). The van der Waals surface area contributed by atoms with Crippen molar-refractivity contribution in [3.63, 3.8) is 0 Å². The Bertz CT molecular complexity index is 593. The summed E-state index contributed by atoms with van der Waals surface area (Å²) in [7, 11) is 0. The smallest absolute Gasteiger partial charge is 0.137 e. The Labute approximate surface area is 127 Å². The summed E-state index contributed by atoms with van der Waals surface area (Å²) in [5, 5.41) is 7.87. The Balaban J connectivity index is 2.14. The minimum Gasteiger partial charge on any atom is -0.310 e. The summed E-state index contributed by atoms with van der Waals surface area (Å²) in [6, 6.07) is 5.50. The average Bonchev–Trinajstić information content (AvgIpc) is 2.73. The summed E-state index contributed by atoms with van der Waals surface area (Å²) in [6.07, 6.45) is 2.02. The number of nitrogens with one attached hydrogen (secondary N) is 1. The van der Waals surface area contributed by atoms with Gasteiger partial charge in [0, 0.05) is 24.3 Å². The van der Waals surface area contributed by atoms with Crippen LogP contribution < -0.4 is 5.32 Å². The lowest BCUT2D eigenvalue weighted by molar-refractivity contribution is 0.587. The topological polar surface area (TPSA) is 29.9 Å². The lowest BCUT2D eigenvalue weighted by atomic mass is 10.2. The Kier molecular flexibility index (Phi) is 4.94. The van der Waals surface area contributed by atoms with Gasteiger partial charge in [0.15, 0.2) is 0 Å². The first kappa shape index (κ1) is 15.2. The van der Waals surface area contributed by atoms with E-state index in [9.17, 15) is 4.39 Å². The Morgan fingerprint density at radius 1 is 1.35 bits per heavy atom. The van der Waals surface area contributed by atoms with Crippen molar-refractivity contribution in [2.75, 3.05) is 0 Å². The zero-order valence-corrected chi connectivity index (χ0v) is 13.5. The highest BCUT2D eigenvalue weighted by molar-refractivity contribution is 9.10. The molecule has 108 valence electrons. The van der Waals surface area contributed by atoms with E-state index in [0.717, 1.165) is 17.8 Å². The lowest BCUT2D eigenvalue weighted by Crippen LogP contribution is -2.21. The molecule has 1 aromatic heterocycles. The molecular formula is C15H19BrFN3. The van der Waals surface area contributed by atoms with E-state index in [2.05, 4.69) is 40.2 Å². The van der Waals surface area contributed by atoms with Crippen molar-refractivity contribution in [1.82, 2.24) is 15.1 Å². The summed E-state index contributed by atoms with van der Waals surface area (Å²) in [6.45, 7) is 7.58. The fourth-order valence-electron chi connectivity index (χ4n) is 1.97. The van der Waals surface area contributed by atoms with Crippen LogP contribution in [0.2, 0.25) is 0 Å². The van der Waals surface area contributed by atoms with Crippen LogP contribution in [-0.2, 0) is 13.1 Å². The van der Waals surface area contributed by atoms with Crippen molar-refractivity contribution in [2.24, 2.45) is 0 Å². The first-order valence-electron chi connectivity index (χ1n) is 6.66. The van der Waals surface area contributed by atoms with Crippen molar-refractivity contribution in [3.05, 3.63) is 51.5 Å². The van der Waals surface area contributed by atoms with Gasteiger partial charge in [-0.1, -0.05) is 26.0 Å². The Hall–Kier alpha value is -1.20. The largest absolute Gasteiger partial charge is 0.310 e. The minimum absolute atomic E-state index is 0.243. The molecule has 0 fully saturated rings. The highest BCUT2D eigenvalue weighted by Crippen LogP contribution is 2.21. The van der Waals surface area contributed by atoms with Gasteiger partial charge in [-0.3, -0.25) is 4.68 Å². The molecule has 0 saturated carbocycles. The average molecular weight is 340 g/mol. The number of hydrogen-bond donors (Lipinski definition) is 1. The van der Waals surface area contributed by atoms with Gasteiger partial charge < -0.3 is 5.32 Å². The van der Waals surface area contributed by atoms with Gasteiger partial charge in [-0.2, -0.15) is 5.10 Å². The molecule has 0 amide bonds. The molecule has 0 aliphatic rings. The van der Waals surface area contributed by atoms with Crippen molar-refractivity contribution >= 4 is 15.9 Å². The number of aromatic nitrogens is 2. The van der Waals surface area contributed by atoms with Crippen LogP contribution in [-0.4, -0.2) is 15.8 Å². The number of hydrogen-bond acceptors (Lipinski definition) is 2. The normalized spacial score (nSPS) is 11.3. The van der Waals surface area contributed by atoms with Gasteiger partial charge in [0.2, 0.25) is 0 Å². The summed E-state index contributed by atoms with van der Waals surface area (Å²) in [5.74, 6) is -0.243. The second-order valence-corrected chi connectivity index (χ2v) is 5.98. The number of benzene rings is 1. The van der Waals surface area contributed by atoms with E-state index < -0.39 is 0 Å². The van der Waals surface area contributed by atoms with Gasteiger partial charge >= 0.3 is 0 Å². The lowest BCUT2D eigenvalue weighted by Gasteiger charge is -2.06. The van der Waals surface area contributed by atoms with Gasteiger partial charge in [0.1, 0.15) is 5.82 Å². The maximum atomic E-state index is 13.5. The third-order valence-corrected chi connectivity index (χ3v) is 4.00. The highest BCUT2D eigenvalue weighted by atomic mass is 79.9. The molecule has 0 atom stereocenters. The standard InChI is InChI=1S/C15H19BrFN3/c1-10(2)18-7-13-9-20(19-11(13)3)8-12-5-4-6-14(17)15(12)16/h4-6,9-10,18H,7-8H2,1-3H3. The number of rotatable bonds is 5. The van der Waals surface area contributed by atoms with Crippen molar-refractivity contribution in [1.29, 1.82) is 0 Å². The molecule has 3 nitrogen and oxygen atoms in total. The number of halogens is 2. The first-order valence-corrected chi connectivity index (χ1v) is 7.46. The summed E-state index contributed by atoms with van der Waals surface area (Å²) >= 11 is 3.28. The fraction of sp³-hybridized carbons (Fsp3) is 0.400. The monoisotopic (exact) mass is 339 g/mol. The van der Waals surface area contributed by atoms with E-state index in [-0.39, 0.29) is 5.82 Å². The molecule has 0 bridgehead atoms. The van der Waals surface area contributed by atoms with Crippen LogP contribution in [0, 0.1) is 12.7 Å². The number of nitrogens with zero attached hydrogens (tertiary/aromatic N) is 2. The third kappa shape index (κ3) is 3.67. The molecule has 20 heavy (non-hydrogen) atoms. The SMILES string of the molecule is Cc1nn(Cc2cccc(F)c2Br)cc1CNC(C)C. The van der Waals surface area contributed by atoms with Crippen molar-refractivity contribution in [2.45, 2.75) is 39.9 Å². The molecule has 2 aromatic rings. The zero-order chi connectivity index (χ0) is 14.7. The van der Waals surface area contributed by atoms with Crippen LogP contribution in [0.4, 0.5) is 4.39 Å². The molecule has 1 aromatic carbocycles. The van der Waals surface area contributed by atoms with Crippen molar-refractivity contribution < 1.29 is 4.39 Å². The molecule has 0 unspecified atom stereocenters. The molecule has 5 heteroatoms. The van der Waals surface area contributed by atoms with Crippen LogP contribution in [0.25, 0.3) is 0 Å². The maximum absolute atomic E-state index is 13.5. The first-order chi connectivity index (χ1) is 9.47. The zero-order valence-electron chi connectivity index (χ0n) is 12.0. The fourth-order valence-corrected chi connectivity index (χ4v) is 2.36. The van der Waals surface area contributed by atoms with Gasteiger partial charge in [0.05, 0.1) is 16.7 Å². The predicted molar refractivity (Wildman–Crippen MR) is 82.1 cm³/mol. The van der Waals surface area contributed by atoms with Crippen molar-refractivity contribution in [3.8, 4) is 0 Å². The quantitative estimate of drug-likeness (QED) is 0.901. The molecule has 0 aliphatic carbocycles. The molecule has 0 spiro atoms. The summed E-state index contributed by atoms with van der Waals surface area (Å²) < 4.78 is 15.9. The van der Waals surface area contributed by atoms with E-state index >= 15 is 0 Å². The second-order valence-electron chi connectivity index (χ2n) is 5.19. The second kappa shape index (κ2) is 6.50. The van der Waals surface area contributed by atoms with Crippen LogP contribution in [0.15, 0.2) is 28.9 Å². The van der Waals surface area contributed by atoms with Crippen LogP contribution in [0.3, 0.4) is 0 Å². The molecule has 0 aliphatic heterocycles. The molecule has 1 heterocycles. The Morgan fingerprint density at radius 2 is 2.10 bits per heavy atom. The summed E-state index contributed by atoms with van der Waals surface area (Å²) in [4.78, 5) is 0. The summed E-state index contributed by atoms with van der Waals surface area (Å²) in [5.41, 5.74) is 3.06. The van der Waals surface area contributed by atoms with Gasteiger partial charge in [-0.25, -0.2) is 4.39 Å². The van der Waals surface area contributed by atoms with E-state index in [4.69, 9.17) is 0 Å². The highest BCUT2D eigenvalue weighted by Gasteiger charge is 2.09.